The number of nitrogens with zero attached hydrogens (tertiary/aromatic N) is 2. The number of aryl methyl sites for hydroxylation is 2. The fourth-order valence-corrected chi connectivity index (χ4v) is 6.87. The molecule has 2 amide bonds. The van der Waals surface area contributed by atoms with Crippen LogP contribution in [0.5, 0.6) is 11.5 Å². The van der Waals surface area contributed by atoms with Gasteiger partial charge in [-0.15, -0.1) is 0 Å². The molecule has 3 rings (SSSR count). The van der Waals surface area contributed by atoms with E-state index in [-0.39, 0.29) is 35.6 Å². The highest BCUT2D eigenvalue weighted by Crippen LogP contribution is 2.33. The molecule has 244 valence electrons. The summed E-state index contributed by atoms with van der Waals surface area (Å²) in [7, 11) is -1.48. The third kappa shape index (κ3) is 8.62. The largest absolute Gasteiger partial charge is 0.493 e. The monoisotopic (exact) mass is 677 g/mol. The summed E-state index contributed by atoms with van der Waals surface area (Å²) in [6.07, 6.45) is 0.957. The summed E-state index contributed by atoms with van der Waals surface area (Å²) >= 11 is 13.0. The Morgan fingerprint density at radius 1 is 0.889 bits per heavy atom. The maximum absolute atomic E-state index is 14.4. The molecule has 45 heavy (non-hydrogen) atoms. The van der Waals surface area contributed by atoms with Gasteiger partial charge in [0.2, 0.25) is 11.8 Å². The van der Waals surface area contributed by atoms with Crippen molar-refractivity contribution >= 4 is 50.7 Å². The molecule has 0 aliphatic heterocycles. The molecule has 1 N–H and O–H groups in total. The first-order chi connectivity index (χ1) is 21.3. The first-order valence-corrected chi connectivity index (χ1v) is 16.8. The van der Waals surface area contributed by atoms with Gasteiger partial charge in [-0.2, -0.15) is 0 Å². The molecular formula is C33H41Cl2N3O6S. The zero-order valence-electron chi connectivity index (χ0n) is 26.7. The summed E-state index contributed by atoms with van der Waals surface area (Å²) in [4.78, 5) is 29.2. The Morgan fingerprint density at radius 2 is 1.49 bits per heavy atom. The number of carbonyl (C=O) groups is 2. The number of carbonyl (C=O) groups excluding carboxylic acids is 2. The van der Waals surface area contributed by atoms with Crippen LogP contribution < -0.4 is 19.1 Å². The van der Waals surface area contributed by atoms with Crippen molar-refractivity contribution in [2.75, 3.05) is 25.1 Å². The van der Waals surface area contributed by atoms with Gasteiger partial charge in [-0.1, -0.05) is 49.2 Å². The smallest absolute Gasteiger partial charge is 0.264 e. The molecule has 0 bridgehead atoms. The zero-order chi connectivity index (χ0) is 33.5. The van der Waals surface area contributed by atoms with E-state index in [2.05, 4.69) is 5.32 Å². The Bertz CT molecular complexity index is 1590. The topological polar surface area (TPSA) is 105 Å². The highest BCUT2D eigenvalue weighted by atomic mass is 35.5. The number of methoxy groups -OCH3 is 2. The van der Waals surface area contributed by atoms with Gasteiger partial charge in [0.25, 0.3) is 10.0 Å². The fourth-order valence-electron chi connectivity index (χ4n) is 4.94. The second-order valence-corrected chi connectivity index (χ2v) is 13.5. The van der Waals surface area contributed by atoms with Gasteiger partial charge in [-0.25, -0.2) is 8.42 Å². The summed E-state index contributed by atoms with van der Waals surface area (Å²) in [5, 5.41) is 3.60. The fraction of sp³-hybridized carbons (Fsp3) is 0.394. The van der Waals surface area contributed by atoms with Crippen LogP contribution in [0.1, 0.15) is 50.3 Å². The van der Waals surface area contributed by atoms with Gasteiger partial charge in [0.15, 0.2) is 11.5 Å². The lowest BCUT2D eigenvalue weighted by Crippen LogP contribution is -2.53. The Hall–Kier alpha value is -3.47. The third-order valence-electron chi connectivity index (χ3n) is 7.49. The molecule has 0 aliphatic carbocycles. The average molecular weight is 679 g/mol. The minimum Gasteiger partial charge on any atom is -0.493 e. The second-order valence-electron chi connectivity index (χ2n) is 10.8. The van der Waals surface area contributed by atoms with Crippen LogP contribution in [-0.4, -0.2) is 58.0 Å². The Morgan fingerprint density at radius 3 is 2.02 bits per heavy atom. The number of sulfonamides is 1. The lowest BCUT2D eigenvalue weighted by atomic mass is 10.1. The molecule has 0 saturated heterocycles. The first-order valence-electron chi connectivity index (χ1n) is 14.6. The molecule has 0 spiro atoms. The Balaban J connectivity index is 2.17. The number of hydrogen-bond donors (Lipinski definition) is 1. The summed E-state index contributed by atoms with van der Waals surface area (Å²) in [5.41, 5.74) is 2.36. The van der Waals surface area contributed by atoms with Crippen molar-refractivity contribution in [3.05, 3.63) is 81.3 Å². The highest BCUT2D eigenvalue weighted by molar-refractivity contribution is 7.92. The summed E-state index contributed by atoms with van der Waals surface area (Å²) < 4.78 is 40.4. The number of benzene rings is 3. The van der Waals surface area contributed by atoms with E-state index in [9.17, 15) is 18.0 Å². The van der Waals surface area contributed by atoms with Crippen LogP contribution in [-0.2, 0) is 26.2 Å². The van der Waals surface area contributed by atoms with Crippen molar-refractivity contribution in [2.45, 2.75) is 71.0 Å². The second kappa shape index (κ2) is 15.7. The molecule has 9 nitrogen and oxygen atoms in total. The third-order valence-corrected chi connectivity index (χ3v) is 9.97. The first kappa shape index (κ1) is 36.0. The minimum absolute atomic E-state index is 0.102. The molecule has 3 aromatic carbocycles. The molecule has 12 heteroatoms. The SMILES string of the molecule is CC[C@@H](C)NC(=O)[C@H](CC)N(Cc1c(Cl)cccc1Cl)C(=O)CN(c1cc(C)cc(C)c1)S(=O)(=O)c1ccc(OC)c(OC)c1. The van der Waals surface area contributed by atoms with Crippen molar-refractivity contribution in [3.63, 3.8) is 0 Å². The lowest BCUT2D eigenvalue weighted by molar-refractivity contribution is -0.140. The van der Waals surface area contributed by atoms with Gasteiger partial charge in [0.05, 0.1) is 24.8 Å². The summed E-state index contributed by atoms with van der Waals surface area (Å²) in [6.45, 7) is 8.58. The standard InChI is InChI=1S/C33H41Cl2N3O6S/c1-8-23(5)36-33(40)29(9-2)37(19-26-27(34)11-10-12-28(26)35)32(39)20-38(24-16-21(3)15-22(4)17-24)45(41,42)25-13-14-30(43-6)31(18-25)44-7/h10-18,23,29H,8-9,19-20H2,1-7H3,(H,36,40)/t23-,29+/m1/s1. The molecule has 0 aliphatic rings. The number of rotatable bonds is 14. The average Bonchev–Trinajstić information content (AvgIpc) is 2.99. The Kier molecular flexibility index (Phi) is 12.6. The molecule has 0 fully saturated rings. The highest BCUT2D eigenvalue weighted by Gasteiger charge is 2.35. The van der Waals surface area contributed by atoms with E-state index in [0.29, 0.717) is 33.5 Å². The number of ether oxygens (including phenoxy) is 2. The van der Waals surface area contributed by atoms with Crippen LogP contribution in [0.25, 0.3) is 0 Å². The number of hydrogen-bond acceptors (Lipinski definition) is 6. The van der Waals surface area contributed by atoms with Gasteiger partial charge in [0, 0.05) is 34.3 Å². The summed E-state index contributed by atoms with van der Waals surface area (Å²) in [5.74, 6) is -0.399. The van der Waals surface area contributed by atoms with E-state index in [4.69, 9.17) is 32.7 Å². The van der Waals surface area contributed by atoms with Crippen LogP contribution in [0.2, 0.25) is 10.0 Å². The normalized spacial score (nSPS) is 12.6. The number of nitrogens with one attached hydrogen (secondary N) is 1. The van der Waals surface area contributed by atoms with E-state index in [1.54, 1.807) is 37.3 Å². The van der Waals surface area contributed by atoms with Gasteiger partial charge >= 0.3 is 0 Å². The molecule has 0 radical (unpaired) electrons. The number of halogens is 2. The minimum atomic E-state index is -4.34. The van der Waals surface area contributed by atoms with E-state index < -0.39 is 28.5 Å². The molecule has 0 heterocycles. The molecule has 2 atom stereocenters. The lowest BCUT2D eigenvalue weighted by Gasteiger charge is -2.34. The van der Waals surface area contributed by atoms with Crippen LogP contribution in [0, 0.1) is 13.8 Å². The van der Waals surface area contributed by atoms with Crippen LogP contribution >= 0.6 is 23.2 Å². The van der Waals surface area contributed by atoms with E-state index in [0.717, 1.165) is 15.4 Å². The zero-order valence-corrected chi connectivity index (χ0v) is 29.0. The molecule has 3 aromatic rings. The van der Waals surface area contributed by atoms with Gasteiger partial charge in [-0.3, -0.25) is 13.9 Å². The van der Waals surface area contributed by atoms with E-state index in [1.807, 2.05) is 33.8 Å². The predicted molar refractivity (Wildman–Crippen MR) is 179 cm³/mol. The van der Waals surface area contributed by atoms with E-state index in [1.165, 1.54) is 37.3 Å². The van der Waals surface area contributed by atoms with Crippen LogP contribution in [0.4, 0.5) is 5.69 Å². The van der Waals surface area contributed by atoms with Crippen molar-refractivity contribution in [1.82, 2.24) is 10.2 Å². The molecule has 0 aromatic heterocycles. The van der Waals surface area contributed by atoms with Gasteiger partial charge in [-0.05, 0) is 81.1 Å². The summed E-state index contributed by atoms with van der Waals surface area (Å²) in [6, 6.07) is 13.5. The predicted octanol–water partition coefficient (Wildman–Crippen LogP) is 6.54. The van der Waals surface area contributed by atoms with Crippen molar-refractivity contribution < 1.29 is 27.5 Å². The van der Waals surface area contributed by atoms with Gasteiger partial charge in [0.1, 0.15) is 12.6 Å². The maximum atomic E-state index is 14.4. The van der Waals surface area contributed by atoms with Gasteiger partial charge < -0.3 is 19.7 Å². The van der Waals surface area contributed by atoms with Crippen molar-refractivity contribution in [3.8, 4) is 11.5 Å². The molecule has 0 unspecified atom stereocenters. The van der Waals surface area contributed by atoms with Crippen molar-refractivity contribution in [2.24, 2.45) is 0 Å². The van der Waals surface area contributed by atoms with Crippen LogP contribution in [0.3, 0.4) is 0 Å². The number of anilines is 1. The number of amides is 2. The Labute approximate surface area is 276 Å². The van der Waals surface area contributed by atoms with E-state index >= 15 is 0 Å². The quantitative estimate of drug-likeness (QED) is 0.208. The molecular weight excluding hydrogens is 637 g/mol. The molecule has 0 saturated carbocycles. The van der Waals surface area contributed by atoms with Crippen LogP contribution in [0.15, 0.2) is 59.5 Å². The maximum Gasteiger partial charge on any atom is 0.264 e. The van der Waals surface area contributed by atoms with Crippen molar-refractivity contribution in [1.29, 1.82) is 0 Å².